The van der Waals surface area contributed by atoms with E-state index in [0.717, 1.165) is 12.0 Å². The summed E-state index contributed by atoms with van der Waals surface area (Å²) in [4.78, 5) is 25.7. The fourth-order valence-electron chi connectivity index (χ4n) is 2.39. The Morgan fingerprint density at radius 1 is 1.43 bits per heavy atom. The van der Waals surface area contributed by atoms with Gasteiger partial charge in [-0.05, 0) is 24.1 Å². The van der Waals surface area contributed by atoms with Crippen LogP contribution in [0.3, 0.4) is 0 Å². The minimum atomic E-state index is -0.483. The van der Waals surface area contributed by atoms with Crippen molar-refractivity contribution in [3.8, 4) is 0 Å². The highest BCUT2D eigenvalue weighted by Crippen LogP contribution is 2.18. The number of carbonyl (C=O) groups is 2. The van der Waals surface area contributed by atoms with Crippen LogP contribution in [0.4, 0.5) is 4.39 Å². The minimum Gasteiger partial charge on any atom is -0.344 e. The van der Waals surface area contributed by atoms with Crippen molar-refractivity contribution in [3.63, 3.8) is 0 Å². The summed E-state index contributed by atoms with van der Waals surface area (Å²) in [5.41, 5.74) is 0.749. The van der Waals surface area contributed by atoms with Crippen molar-refractivity contribution in [2.75, 3.05) is 6.54 Å². The summed E-state index contributed by atoms with van der Waals surface area (Å²) in [7, 11) is 0. The highest BCUT2D eigenvalue weighted by molar-refractivity contribution is 6.30. The molecule has 1 saturated heterocycles. The summed E-state index contributed by atoms with van der Waals surface area (Å²) in [6.07, 6.45) is 1.71. The van der Waals surface area contributed by atoms with E-state index in [1.165, 1.54) is 12.1 Å². The van der Waals surface area contributed by atoms with Gasteiger partial charge in [0.1, 0.15) is 11.9 Å². The zero-order chi connectivity index (χ0) is 15.4. The Kier molecular flexibility index (Phi) is 5.17. The topological polar surface area (TPSA) is 49.4 Å². The molecular formula is C15H18ClFN2O2. The molecule has 1 aromatic rings. The van der Waals surface area contributed by atoms with Crippen LogP contribution in [-0.2, 0) is 16.1 Å². The van der Waals surface area contributed by atoms with E-state index in [1.807, 2.05) is 6.92 Å². The monoisotopic (exact) mass is 312 g/mol. The van der Waals surface area contributed by atoms with Gasteiger partial charge in [0.25, 0.3) is 0 Å². The first-order valence-corrected chi connectivity index (χ1v) is 7.41. The van der Waals surface area contributed by atoms with E-state index in [4.69, 9.17) is 11.6 Å². The van der Waals surface area contributed by atoms with Crippen molar-refractivity contribution in [1.82, 2.24) is 10.2 Å². The van der Waals surface area contributed by atoms with Gasteiger partial charge < -0.3 is 10.2 Å². The Morgan fingerprint density at radius 3 is 2.86 bits per heavy atom. The van der Waals surface area contributed by atoms with Gasteiger partial charge in [-0.25, -0.2) is 4.39 Å². The maximum atomic E-state index is 13.2. The van der Waals surface area contributed by atoms with Crippen LogP contribution in [0.15, 0.2) is 18.2 Å². The number of nitrogens with zero attached hydrogens (tertiary/aromatic N) is 1. The Morgan fingerprint density at radius 2 is 2.19 bits per heavy atom. The number of rotatable bonds is 4. The quantitative estimate of drug-likeness (QED) is 0.928. The largest absolute Gasteiger partial charge is 0.344 e. The number of benzene rings is 1. The summed E-state index contributed by atoms with van der Waals surface area (Å²) in [6.45, 7) is 2.66. The van der Waals surface area contributed by atoms with Gasteiger partial charge in [-0.2, -0.15) is 0 Å². The maximum absolute atomic E-state index is 13.2. The molecule has 2 amide bonds. The lowest BCUT2D eigenvalue weighted by atomic mass is 10.1. The molecule has 6 heteroatoms. The third kappa shape index (κ3) is 3.94. The normalized spacial score (nSPS) is 19.4. The van der Waals surface area contributed by atoms with Crippen LogP contribution in [0.5, 0.6) is 0 Å². The first-order chi connectivity index (χ1) is 10.0. The van der Waals surface area contributed by atoms with Crippen molar-refractivity contribution >= 4 is 23.4 Å². The minimum absolute atomic E-state index is 0.0362. The van der Waals surface area contributed by atoms with Crippen molar-refractivity contribution in [1.29, 1.82) is 0 Å². The molecule has 1 heterocycles. The fraction of sp³-hybridized carbons (Fsp3) is 0.467. The molecule has 1 N–H and O–H groups in total. The molecule has 1 atom stereocenters. The van der Waals surface area contributed by atoms with Gasteiger partial charge in [-0.1, -0.05) is 31.0 Å². The van der Waals surface area contributed by atoms with E-state index in [9.17, 15) is 14.0 Å². The number of amides is 2. The van der Waals surface area contributed by atoms with Crippen LogP contribution in [0.1, 0.15) is 31.7 Å². The van der Waals surface area contributed by atoms with Crippen molar-refractivity contribution in [2.45, 2.75) is 38.8 Å². The molecule has 0 bridgehead atoms. The van der Waals surface area contributed by atoms with Gasteiger partial charge in [0.2, 0.25) is 11.8 Å². The molecule has 114 valence electrons. The first kappa shape index (κ1) is 15.8. The lowest BCUT2D eigenvalue weighted by Crippen LogP contribution is -2.44. The molecule has 0 saturated carbocycles. The molecule has 1 aliphatic heterocycles. The molecule has 2 rings (SSSR count). The average Bonchev–Trinajstić information content (AvgIpc) is 2.57. The number of hydrogen-bond donors (Lipinski definition) is 1. The highest BCUT2D eigenvalue weighted by atomic mass is 35.5. The standard InChI is InChI=1S/C15H18ClFN2O2/c1-2-3-13-15(21)19(7-6-14(20)18-13)9-10-4-5-12(17)11(16)8-10/h4-5,8,13H,2-3,6-7,9H2,1H3,(H,18,20). The molecule has 0 spiro atoms. The van der Waals surface area contributed by atoms with Crippen molar-refractivity contribution in [2.24, 2.45) is 0 Å². The van der Waals surface area contributed by atoms with E-state index in [-0.39, 0.29) is 23.3 Å². The molecule has 0 radical (unpaired) electrons. The Balaban J connectivity index is 2.14. The van der Waals surface area contributed by atoms with Crippen LogP contribution in [0.2, 0.25) is 5.02 Å². The lowest BCUT2D eigenvalue weighted by Gasteiger charge is -2.24. The SMILES string of the molecule is CCCC1NC(=O)CCN(Cc2ccc(F)c(Cl)c2)C1=O. The van der Waals surface area contributed by atoms with E-state index >= 15 is 0 Å². The third-order valence-corrected chi connectivity index (χ3v) is 3.78. The second-order valence-electron chi connectivity index (χ2n) is 5.17. The molecular weight excluding hydrogens is 295 g/mol. The maximum Gasteiger partial charge on any atom is 0.245 e. The molecule has 0 aliphatic carbocycles. The highest BCUT2D eigenvalue weighted by Gasteiger charge is 2.29. The van der Waals surface area contributed by atoms with E-state index in [2.05, 4.69) is 5.32 Å². The Labute approximate surface area is 128 Å². The number of carbonyl (C=O) groups excluding carboxylic acids is 2. The second kappa shape index (κ2) is 6.89. The fourth-order valence-corrected chi connectivity index (χ4v) is 2.60. The average molecular weight is 313 g/mol. The van der Waals surface area contributed by atoms with Gasteiger partial charge in [0.15, 0.2) is 0 Å². The molecule has 4 nitrogen and oxygen atoms in total. The van der Waals surface area contributed by atoms with E-state index in [0.29, 0.717) is 19.5 Å². The summed E-state index contributed by atoms with van der Waals surface area (Å²) < 4.78 is 13.2. The Bertz CT molecular complexity index is 550. The third-order valence-electron chi connectivity index (χ3n) is 3.49. The number of halogens is 2. The van der Waals surface area contributed by atoms with Crippen LogP contribution < -0.4 is 5.32 Å². The molecule has 0 aromatic heterocycles. The van der Waals surface area contributed by atoms with Crippen LogP contribution >= 0.6 is 11.6 Å². The molecule has 1 unspecified atom stereocenters. The summed E-state index contributed by atoms with van der Waals surface area (Å²) >= 11 is 5.76. The van der Waals surface area contributed by atoms with E-state index < -0.39 is 11.9 Å². The molecule has 1 aromatic carbocycles. The zero-order valence-electron chi connectivity index (χ0n) is 11.9. The van der Waals surface area contributed by atoms with Crippen LogP contribution in [0.25, 0.3) is 0 Å². The zero-order valence-corrected chi connectivity index (χ0v) is 12.6. The summed E-state index contributed by atoms with van der Waals surface area (Å²) in [5, 5.41) is 2.79. The predicted molar refractivity (Wildman–Crippen MR) is 78.3 cm³/mol. The molecule has 21 heavy (non-hydrogen) atoms. The Hall–Kier alpha value is -1.62. The second-order valence-corrected chi connectivity index (χ2v) is 5.57. The summed E-state index contributed by atoms with van der Waals surface area (Å²) in [6, 6.07) is 3.93. The van der Waals surface area contributed by atoms with Gasteiger partial charge >= 0.3 is 0 Å². The van der Waals surface area contributed by atoms with Gasteiger partial charge in [-0.15, -0.1) is 0 Å². The number of hydrogen-bond acceptors (Lipinski definition) is 2. The summed E-state index contributed by atoms with van der Waals surface area (Å²) in [5.74, 6) is -0.687. The lowest BCUT2D eigenvalue weighted by molar-refractivity contribution is -0.134. The van der Waals surface area contributed by atoms with Crippen molar-refractivity contribution in [3.05, 3.63) is 34.6 Å². The molecule has 1 aliphatic rings. The van der Waals surface area contributed by atoms with Gasteiger partial charge in [-0.3, -0.25) is 9.59 Å². The van der Waals surface area contributed by atoms with Crippen LogP contribution in [0, 0.1) is 5.82 Å². The van der Waals surface area contributed by atoms with Gasteiger partial charge in [0, 0.05) is 19.5 Å². The number of nitrogens with one attached hydrogen (secondary N) is 1. The van der Waals surface area contributed by atoms with Crippen molar-refractivity contribution < 1.29 is 14.0 Å². The smallest absolute Gasteiger partial charge is 0.245 e. The van der Waals surface area contributed by atoms with Crippen LogP contribution in [-0.4, -0.2) is 29.3 Å². The van der Waals surface area contributed by atoms with Gasteiger partial charge in [0.05, 0.1) is 5.02 Å². The van der Waals surface area contributed by atoms with E-state index in [1.54, 1.807) is 11.0 Å². The predicted octanol–water partition coefficient (Wildman–Crippen LogP) is 2.50. The molecule has 1 fully saturated rings. The first-order valence-electron chi connectivity index (χ1n) is 7.03.